The SMILES string of the molecule is CC(C)[C@H](O)c1c[nH]c(=O)[nH]c1=O. The van der Waals surface area contributed by atoms with Crippen molar-refractivity contribution in [3.8, 4) is 0 Å². The molecule has 0 aromatic carbocycles. The topological polar surface area (TPSA) is 85.9 Å². The lowest BCUT2D eigenvalue weighted by Crippen LogP contribution is -2.27. The van der Waals surface area contributed by atoms with Gasteiger partial charge in [0.25, 0.3) is 5.56 Å². The summed E-state index contributed by atoms with van der Waals surface area (Å²) in [4.78, 5) is 26.1. The maximum absolute atomic E-state index is 11.2. The highest BCUT2D eigenvalue weighted by Crippen LogP contribution is 2.15. The van der Waals surface area contributed by atoms with Gasteiger partial charge in [0, 0.05) is 6.20 Å². The summed E-state index contributed by atoms with van der Waals surface area (Å²) in [6.07, 6.45) is 0.395. The lowest BCUT2D eigenvalue weighted by Gasteiger charge is -2.12. The number of rotatable bonds is 2. The van der Waals surface area contributed by atoms with Crippen molar-refractivity contribution in [1.82, 2.24) is 9.97 Å². The molecule has 0 aliphatic carbocycles. The standard InChI is InChI=1S/C8H12N2O3/c1-4(2)6(11)5-3-9-8(13)10-7(5)12/h3-4,6,11H,1-2H3,(H2,9,10,12,13)/t6-/m0/s1. The predicted molar refractivity (Wildman–Crippen MR) is 47.5 cm³/mol. The molecule has 0 saturated carbocycles. The van der Waals surface area contributed by atoms with Crippen LogP contribution in [0.3, 0.4) is 0 Å². The Labute approximate surface area is 74.4 Å². The molecule has 5 heteroatoms. The van der Waals surface area contributed by atoms with Crippen LogP contribution in [0.1, 0.15) is 25.5 Å². The maximum atomic E-state index is 11.2. The van der Waals surface area contributed by atoms with Gasteiger partial charge in [-0.1, -0.05) is 13.8 Å². The van der Waals surface area contributed by atoms with Crippen LogP contribution in [0.4, 0.5) is 0 Å². The van der Waals surface area contributed by atoms with Gasteiger partial charge in [0.1, 0.15) is 0 Å². The molecule has 1 aromatic rings. The van der Waals surface area contributed by atoms with Crippen LogP contribution in [0.5, 0.6) is 0 Å². The Morgan fingerprint density at radius 2 is 2.00 bits per heavy atom. The number of aliphatic hydroxyl groups excluding tert-OH is 1. The van der Waals surface area contributed by atoms with E-state index in [-0.39, 0.29) is 11.5 Å². The Hall–Kier alpha value is -1.36. The average Bonchev–Trinajstić information content (AvgIpc) is 2.03. The number of H-pyrrole nitrogens is 2. The first-order valence-corrected chi connectivity index (χ1v) is 4.02. The van der Waals surface area contributed by atoms with Crippen molar-refractivity contribution < 1.29 is 5.11 Å². The van der Waals surface area contributed by atoms with Crippen molar-refractivity contribution in [3.63, 3.8) is 0 Å². The van der Waals surface area contributed by atoms with E-state index in [0.29, 0.717) is 0 Å². The summed E-state index contributed by atoms with van der Waals surface area (Å²) in [5.74, 6) is -0.0630. The molecule has 0 amide bonds. The highest BCUT2D eigenvalue weighted by molar-refractivity contribution is 5.07. The first-order valence-electron chi connectivity index (χ1n) is 4.02. The summed E-state index contributed by atoms with van der Waals surface area (Å²) < 4.78 is 0. The van der Waals surface area contributed by atoms with Crippen molar-refractivity contribution in [2.45, 2.75) is 20.0 Å². The molecule has 1 heterocycles. The van der Waals surface area contributed by atoms with Crippen molar-refractivity contribution in [2.24, 2.45) is 5.92 Å². The molecule has 1 atom stereocenters. The monoisotopic (exact) mass is 184 g/mol. The number of hydrogen-bond donors (Lipinski definition) is 3. The van der Waals surface area contributed by atoms with Crippen LogP contribution in [-0.4, -0.2) is 15.1 Å². The van der Waals surface area contributed by atoms with Crippen LogP contribution in [0.25, 0.3) is 0 Å². The summed E-state index contributed by atoms with van der Waals surface area (Å²) in [5.41, 5.74) is -0.913. The van der Waals surface area contributed by atoms with Gasteiger partial charge in [-0.15, -0.1) is 0 Å². The second-order valence-electron chi connectivity index (χ2n) is 3.22. The fraction of sp³-hybridized carbons (Fsp3) is 0.500. The summed E-state index contributed by atoms with van der Waals surface area (Å²) >= 11 is 0. The number of hydrogen-bond acceptors (Lipinski definition) is 3. The number of aliphatic hydroxyl groups is 1. The second-order valence-corrected chi connectivity index (χ2v) is 3.22. The molecule has 0 saturated heterocycles. The normalized spacial score (nSPS) is 13.2. The summed E-state index contributed by atoms with van der Waals surface area (Å²) in [6.45, 7) is 3.57. The summed E-state index contributed by atoms with van der Waals surface area (Å²) in [6, 6.07) is 0. The van der Waals surface area contributed by atoms with Crippen LogP contribution in [0.15, 0.2) is 15.8 Å². The van der Waals surface area contributed by atoms with Gasteiger partial charge in [0.2, 0.25) is 0 Å². The van der Waals surface area contributed by atoms with Crippen LogP contribution in [0, 0.1) is 5.92 Å². The van der Waals surface area contributed by atoms with Crippen molar-refractivity contribution >= 4 is 0 Å². The zero-order chi connectivity index (χ0) is 10.0. The Bertz CT molecular complexity index is 391. The van der Waals surface area contributed by atoms with Gasteiger partial charge in [0.05, 0.1) is 11.7 Å². The Kier molecular flexibility index (Phi) is 2.67. The summed E-state index contributed by atoms with van der Waals surface area (Å²) in [7, 11) is 0. The lowest BCUT2D eigenvalue weighted by molar-refractivity contribution is 0.125. The lowest BCUT2D eigenvalue weighted by atomic mass is 10.0. The zero-order valence-corrected chi connectivity index (χ0v) is 7.50. The molecular formula is C8H12N2O3. The van der Waals surface area contributed by atoms with E-state index in [9.17, 15) is 14.7 Å². The van der Waals surface area contributed by atoms with Gasteiger partial charge in [-0.2, -0.15) is 0 Å². The molecule has 3 N–H and O–H groups in total. The fourth-order valence-corrected chi connectivity index (χ4v) is 0.999. The summed E-state index contributed by atoms with van der Waals surface area (Å²) in [5, 5.41) is 9.53. The highest BCUT2D eigenvalue weighted by atomic mass is 16.3. The van der Waals surface area contributed by atoms with Gasteiger partial charge >= 0.3 is 5.69 Å². The maximum Gasteiger partial charge on any atom is 0.325 e. The van der Waals surface area contributed by atoms with E-state index in [4.69, 9.17) is 0 Å². The molecule has 0 aliphatic heterocycles. The molecule has 13 heavy (non-hydrogen) atoms. The molecule has 0 spiro atoms. The minimum Gasteiger partial charge on any atom is -0.388 e. The Balaban J connectivity index is 3.17. The van der Waals surface area contributed by atoms with Crippen molar-refractivity contribution in [3.05, 3.63) is 32.6 Å². The van der Waals surface area contributed by atoms with Gasteiger partial charge in [-0.25, -0.2) is 4.79 Å². The van der Waals surface area contributed by atoms with E-state index in [1.165, 1.54) is 6.20 Å². The third-order valence-electron chi connectivity index (χ3n) is 1.80. The third kappa shape index (κ3) is 2.06. The van der Waals surface area contributed by atoms with E-state index in [0.717, 1.165) is 0 Å². The zero-order valence-electron chi connectivity index (χ0n) is 7.50. The van der Waals surface area contributed by atoms with Crippen LogP contribution >= 0.6 is 0 Å². The van der Waals surface area contributed by atoms with Gasteiger partial charge in [-0.3, -0.25) is 9.78 Å². The van der Waals surface area contributed by atoms with Crippen LogP contribution in [-0.2, 0) is 0 Å². The van der Waals surface area contributed by atoms with E-state index >= 15 is 0 Å². The largest absolute Gasteiger partial charge is 0.388 e. The predicted octanol–water partition coefficient (Wildman–Crippen LogP) is -0.247. The van der Waals surface area contributed by atoms with Crippen molar-refractivity contribution in [2.75, 3.05) is 0 Å². The average molecular weight is 184 g/mol. The molecule has 0 radical (unpaired) electrons. The van der Waals surface area contributed by atoms with Gasteiger partial charge in [-0.05, 0) is 5.92 Å². The quantitative estimate of drug-likeness (QED) is 0.592. The first kappa shape index (κ1) is 9.73. The van der Waals surface area contributed by atoms with Crippen LogP contribution < -0.4 is 11.2 Å². The molecule has 0 fully saturated rings. The highest BCUT2D eigenvalue weighted by Gasteiger charge is 2.15. The number of nitrogens with one attached hydrogen (secondary N) is 2. The molecule has 0 unspecified atom stereocenters. The van der Waals surface area contributed by atoms with E-state index in [2.05, 4.69) is 4.98 Å². The van der Waals surface area contributed by atoms with Gasteiger partial charge in [0.15, 0.2) is 0 Å². The molecule has 5 nitrogen and oxygen atoms in total. The minimum atomic E-state index is -0.847. The molecule has 0 aliphatic rings. The second kappa shape index (κ2) is 3.57. The van der Waals surface area contributed by atoms with Gasteiger partial charge < -0.3 is 10.1 Å². The number of aromatic amines is 2. The minimum absolute atomic E-state index is 0.0630. The molecule has 72 valence electrons. The molecule has 1 aromatic heterocycles. The van der Waals surface area contributed by atoms with Crippen molar-refractivity contribution in [1.29, 1.82) is 0 Å². The Morgan fingerprint density at radius 3 is 2.46 bits per heavy atom. The van der Waals surface area contributed by atoms with E-state index < -0.39 is 17.4 Å². The van der Waals surface area contributed by atoms with E-state index in [1.54, 1.807) is 13.8 Å². The fourth-order valence-electron chi connectivity index (χ4n) is 0.999. The smallest absolute Gasteiger partial charge is 0.325 e. The molecular weight excluding hydrogens is 172 g/mol. The Morgan fingerprint density at radius 1 is 1.38 bits per heavy atom. The third-order valence-corrected chi connectivity index (χ3v) is 1.80. The number of aromatic nitrogens is 2. The molecule has 0 bridgehead atoms. The van der Waals surface area contributed by atoms with Crippen LogP contribution in [0.2, 0.25) is 0 Å². The van der Waals surface area contributed by atoms with E-state index in [1.807, 2.05) is 4.98 Å². The first-order chi connectivity index (χ1) is 6.02. The molecule has 1 rings (SSSR count).